The van der Waals surface area contributed by atoms with Crippen LogP contribution < -0.4 is 10.9 Å². The zero-order valence-electron chi connectivity index (χ0n) is 15.4. The van der Waals surface area contributed by atoms with E-state index in [1.165, 1.54) is 4.68 Å². The summed E-state index contributed by atoms with van der Waals surface area (Å²) in [6.07, 6.45) is 7.57. The van der Waals surface area contributed by atoms with Gasteiger partial charge in [0.15, 0.2) is 0 Å². The number of anilines is 1. The number of rotatable bonds is 5. The van der Waals surface area contributed by atoms with Gasteiger partial charge in [0, 0.05) is 25.1 Å². The smallest absolute Gasteiger partial charge is 0.282 e. The summed E-state index contributed by atoms with van der Waals surface area (Å²) < 4.78 is 3.20. The molecule has 0 unspecified atom stereocenters. The molecule has 4 rings (SSSR count). The molecule has 7 heteroatoms. The van der Waals surface area contributed by atoms with E-state index in [0.29, 0.717) is 34.7 Å². The third kappa shape index (κ3) is 3.29. The summed E-state index contributed by atoms with van der Waals surface area (Å²) in [5.41, 5.74) is 2.13. The van der Waals surface area contributed by atoms with Gasteiger partial charge in [-0.2, -0.15) is 9.78 Å². The first-order chi connectivity index (χ1) is 13.7. The minimum atomic E-state index is -0.332. The molecule has 1 aromatic carbocycles. The standard InChI is InChI=1S/C21H19N5O2/c1-2-11-25-13-17(20(27)23-15-7-6-10-22-12-15)19-18(14-25)21(28)26(24-19)16-8-4-3-5-9-16/h3-10,12-14H,2,11H2,1H3,(H,23,27). The fraction of sp³-hybridized carbons (Fsp3) is 0.143. The molecule has 0 saturated carbocycles. The largest absolute Gasteiger partial charge is 0.353 e. The molecule has 0 aliphatic carbocycles. The maximum atomic E-state index is 13.0. The molecular weight excluding hydrogens is 354 g/mol. The third-order valence-electron chi connectivity index (χ3n) is 4.37. The van der Waals surface area contributed by atoms with E-state index in [9.17, 15) is 9.59 Å². The fourth-order valence-corrected chi connectivity index (χ4v) is 3.09. The van der Waals surface area contributed by atoms with Gasteiger partial charge in [0.1, 0.15) is 5.69 Å². The second kappa shape index (κ2) is 7.48. The number of para-hydroxylation sites is 1. The molecule has 0 atom stereocenters. The minimum Gasteiger partial charge on any atom is -0.353 e. The van der Waals surface area contributed by atoms with Crippen LogP contribution in [-0.4, -0.2) is 25.2 Å². The highest BCUT2D eigenvalue weighted by molar-refractivity contribution is 6.08. The molecule has 1 amide bonds. The van der Waals surface area contributed by atoms with Gasteiger partial charge in [0.2, 0.25) is 0 Å². The molecule has 0 bridgehead atoms. The average molecular weight is 373 g/mol. The van der Waals surface area contributed by atoms with Crippen LogP contribution in [0.2, 0.25) is 0 Å². The lowest BCUT2D eigenvalue weighted by atomic mass is 10.1. The van der Waals surface area contributed by atoms with Crippen LogP contribution in [0, 0.1) is 0 Å². The Labute approximate surface area is 161 Å². The number of aryl methyl sites for hydroxylation is 1. The van der Waals surface area contributed by atoms with Gasteiger partial charge in [-0.3, -0.25) is 14.6 Å². The quantitative estimate of drug-likeness (QED) is 0.582. The predicted molar refractivity (Wildman–Crippen MR) is 107 cm³/mol. The van der Waals surface area contributed by atoms with Crippen LogP contribution in [-0.2, 0) is 6.54 Å². The minimum absolute atomic E-state index is 0.248. The number of hydrogen-bond acceptors (Lipinski definition) is 4. The number of carbonyl (C=O) groups is 1. The normalized spacial score (nSPS) is 10.9. The van der Waals surface area contributed by atoms with Gasteiger partial charge in [-0.05, 0) is 30.7 Å². The summed E-state index contributed by atoms with van der Waals surface area (Å²) in [5, 5.41) is 7.28. The van der Waals surface area contributed by atoms with Crippen LogP contribution in [0.4, 0.5) is 5.69 Å². The number of fused-ring (bicyclic) bond motifs is 1. The van der Waals surface area contributed by atoms with Gasteiger partial charge >= 0.3 is 0 Å². The summed E-state index contributed by atoms with van der Waals surface area (Å²) in [6.45, 7) is 2.73. The third-order valence-corrected chi connectivity index (χ3v) is 4.37. The van der Waals surface area contributed by atoms with E-state index in [2.05, 4.69) is 15.4 Å². The highest BCUT2D eigenvalue weighted by Crippen LogP contribution is 2.23. The number of amides is 1. The van der Waals surface area contributed by atoms with Crippen LogP contribution in [0.25, 0.3) is 16.9 Å². The van der Waals surface area contributed by atoms with Crippen LogP contribution >= 0.6 is 0 Å². The molecule has 2 aliphatic heterocycles. The van der Waals surface area contributed by atoms with Crippen LogP contribution in [0.5, 0.6) is 0 Å². The Morgan fingerprint density at radius 3 is 2.64 bits per heavy atom. The van der Waals surface area contributed by atoms with E-state index in [0.717, 1.165) is 6.42 Å². The lowest BCUT2D eigenvalue weighted by molar-refractivity contribution is 0.102. The first kappa shape index (κ1) is 17.7. The topological polar surface area (TPSA) is 81.8 Å². The molecule has 28 heavy (non-hydrogen) atoms. The van der Waals surface area contributed by atoms with Gasteiger partial charge in [0.25, 0.3) is 11.5 Å². The van der Waals surface area contributed by atoms with Crippen molar-refractivity contribution in [3.8, 4) is 16.9 Å². The molecule has 0 spiro atoms. The van der Waals surface area contributed by atoms with E-state index < -0.39 is 0 Å². The first-order valence-electron chi connectivity index (χ1n) is 9.07. The molecule has 1 aromatic heterocycles. The Morgan fingerprint density at radius 2 is 1.93 bits per heavy atom. The highest BCUT2D eigenvalue weighted by Gasteiger charge is 2.24. The van der Waals surface area contributed by atoms with E-state index >= 15 is 0 Å². The number of aromatic nitrogens is 4. The van der Waals surface area contributed by atoms with E-state index in [1.807, 2.05) is 41.8 Å². The number of benzene rings is 1. The fourth-order valence-electron chi connectivity index (χ4n) is 3.09. The molecule has 7 nitrogen and oxygen atoms in total. The van der Waals surface area contributed by atoms with Crippen molar-refractivity contribution in [2.75, 3.05) is 5.32 Å². The van der Waals surface area contributed by atoms with Crippen LogP contribution in [0.3, 0.4) is 0 Å². The number of pyridine rings is 2. The van der Waals surface area contributed by atoms with Gasteiger partial charge in [0.05, 0.1) is 28.7 Å². The second-order valence-corrected chi connectivity index (χ2v) is 6.42. The number of nitrogens with one attached hydrogen (secondary N) is 1. The van der Waals surface area contributed by atoms with E-state index in [1.54, 1.807) is 36.9 Å². The van der Waals surface area contributed by atoms with Crippen molar-refractivity contribution in [3.63, 3.8) is 0 Å². The van der Waals surface area contributed by atoms with Crippen molar-refractivity contribution >= 4 is 11.6 Å². The first-order valence-corrected chi connectivity index (χ1v) is 9.07. The van der Waals surface area contributed by atoms with Crippen molar-refractivity contribution in [3.05, 3.63) is 83.2 Å². The number of nitrogens with zero attached hydrogens (tertiary/aromatic N) is 4. The van der Waals surface area contributed by atoms with Crippen molar-refractivity contribution in [2.45, 2.75) is 19.9 Å². The molecule has 1 N–H and O–H groups in total. The van der Waals surface area contributed by atoms with Gasteiger partial charge in [-0.1, -0.05) is 25.1 Å². The molecule has 2 aromatic rings. The molecule has 0 radical (unpaired) electrons. The molecule has 140 valence electrons. The Balaban J connectivity index is 1.84. The van der Waals surface area contributed by atoms with Gasteiger partial charge in [-0.15, -0.1) is 0 Å². The summed E-state index contributed by atoms with van der Waals surface area (Å²) in [6, 6.07) is 12.7. The van der Waals surface area contributed by atoms with Crippen molar-refractivity contribution in [2.24, 2.45) is 0 Å². The highest BCUT2D eigenvalue weighted by atomic mass is 16.2. The molecule has 0 saturated heterocycles. The zero-order valence-corrected chi connectivity index (χ0v) is 15.4. The van der Waals surface area contributed by atoms with Crippen molar-refractivity contribution in [1.29, 1.82) is 0 Å². The summed E-state index contributed by atoms with van der Waals surface area (Å²) >= 11 is 0. The monoisotopic (exact) mass is 373 g/mol. The Bertz CT molecular complexity index is 1130. The van der Waals surface area contributed by atoms with Crippen molar-refractivity contribution < 1.29 is 4.79 Å². The van der Waals surface area contributed by atoms with Crippen LogP contribution in [0.15, 0.2) is 72.0 Å². The maximum Gasteiger partial charge on any atom is 0.282 e. The van der Waals surface area contributed by atoms with Gasteiger partial charge < -0.3 is 9.88 Å². The zero-order chi connectivity index (χ0) is 19.5. The molecule has 3 heterocycles. The van der Waals surface area contributed by atoms with Gasteiger partial charge in [-0.25, -0.2) is 0 Å². The lowest BCUT2D eigenvalue weighted by Gasteiger charge is -2.12. The Morgan fingerprint density at radius 1 is 1.11 bits per heavy atom. The van der Waals surface area contributed by atoms with E-state index in [4.69, 9.17) is 0 Å². The Kier molecular flexibility index (Phi) is 4.72. The number of hydrogen-bond donors (Lipinski definition) is 1. The molecule has 2 aliphatic rings. The molecule has 0 fully saturated rings. The number of carbonyl (C=O) groups excluding carboxylic acids is 1. The Hall–Kier alpha value is -3.74. The summed E-state index contributed by atoms with van der Waals surface area (Å²) in [5.74, 6) is -0.332. The second-order valence-electron chi connectivity index (χ2n) is 6.42. The van der Waals surface area contributed by atoms with Crippen LogP contribution in [0.1, 0.15) is 23.7 Å². The summed E-state index contributed by atoms with van der Waals surface area (Å²) in [7, 11) is 0. The summed E-state index contributed by atoms with van der Waals surface area (Å²) in [4.78, 5) is 29.9. The predicted octanol–water partition coefficient (Wildman–Crippen LogP) is 3.20. The van der Waals surface area contributed by atoms with E-state index in [-0.39, 0.29) is 11.5 Å². The average Bonchev–Trinajstić information content (AvgIpc) is 3.06. The van der Waals surface area contributed by atoms with Crippen molar-refractivity contribution in [1.82, 2.24) is 19.3 Å². The SMILES string of the molecule is CCCn1cc(C(=O)Nc2cccnc2)c2nn(-c3ccccc3)c(=O)c-2c1. The maximum absolute atomic E-state index is 13.0. The lowest BCUT2D eigenvalue weighted by Crippen LogP contribution is -2.17. The molecular formula is C21H19N5O2.